The third-order valence-electron chi connectivity index (χ3n) is 4.93. The van der Waals surface area contributed by atoms with Gasteiger partial charge >= 0.3 is 0 Å². The zero-order valence-electron chi connectivity index (χ0n) is 13.0. The van der Waals surface area contributed by atoms with Crippen molar-refractivity contribution in [2.45, 2.75) is 31.6 Å². The number of hydrogen-bond donors (Lipinski definition) is 1. The molecule has 5 heteroatoms. The monoisotopic (exact) mass is 426 g/mol. The number of allylic oxidation sites excluding steroid dienone is 3. The highest BCUT2D eigenvalue weighted by Gasteiger charge is 2.48. The van der Waals surface area contributed by atoms with Gasteiger partial charge in [-0.15, -0.1) is 0 Å². The van der Waals surface area contributed by atoms with Crippen LogP contribution in [-0.4, -0.2) is 0 Å². The van der Waals surface area contributed by atoms with Gasteiger partial charge in [0.05, 0.1) is 29.5 Å². The first-order chi connectivity index (χ1) is 11.6. The molecular weight excluding hydrogens is 411 g/mol. The van der Waals surface area contributed by atoms with Crippen LogP contribution in [0.2, 0.25) is 0 Å². The highest BCUT2D eigenvalue weighted by Crippen LogP contribution is 2.53. The molecule has 0 radical (unpaired) electrons. The number of hydrogen-bond acceptors (Lipinski definition) is 4. The Morgan fingerprint density at radius 2 is 1.83 bits per heavy atom. The third-order valence-corrected chi connectivity index (χ3v) is 5.60. The molecule has 0 saturated carbocycles. The van der Waals surface area contributed by atoms with E-state index < -0.39 is 5.41 Å². The van der Waals surface area contributed by atoms with E-state index in [2.05, 4.69) is 40.8 Å². The maximum Gasteiger partial charge on any atom is 0.204 e. The molecule has 2 aliphatic carbocycles. The summed E-state index contributed by atoms with van der Waals surface area (Å²) in [5.74, 6) is -0.241. The average Bonchev–Trinajstić information content (AvgIpc) is 2.61. The number of nitriles is 3. The van der Waals surface area contributed by atoms with Gasteiger partial charge in [-0.3, -0.25) is 0 Å². The lowest BCUT2D eigenvalue weighted by Gasteiger charge is -2.38. The van der Waals surface area contributed by atoms with E-state index in [0.717, 1.165) is 39.5 Å². The van der Waals surface area contributed by atoms with Crippen molar-refractivity contribution in [3.05, 3.63) is 55.8 Å². The van der Waals surface area contributed by atoms with Crippen molar-refractivity contribution in [2.75, 3.05) is 0 Å². The molecule has 0 unspecified atom stereocenters. The normalized spacial score (nSPS) is 22.2. The van der Waals surface area contributed by atoms with Crippen LogP contribution in [0.25, 0.3) is 0 Å². The fraction of sp³-hybridized carbons (Fsp3) is 0.316. The highest BCUT2D eigenvalue weighted by molar-refractivity contribution is 14.1. The van der Waals surface area contributed by atoms with Gasteiger partial charge in [-0.05, 0) is 71.5 Å². The highest BCUT2D eigenvalue weighted by atomic mass is 127. The lowest BCUT2D eigenvalue weighted by Crippen LogP contribution is -2.36. The van der Waals surface area contributed by atoms with E-state index in [0.29, 0.717) is 12.0 Å². The van der Waals surface area contributed by atoms with Gasteiger partial charge in [-0.2, -0.15) is 15.8 Å². The van der Waals surface area contributed by atoms with Crippen LogP contribution < -0.4 is 5.73 Å². The zero-order chi connectivity index (χ0) is 17.3. The van der Waals surface area contributed by atoms with E-state index in [9.17, 15) is 15.8 Å². The minimum absolute atomic E-state index is 0.111. The van der Waals surface area contributed by atoms with Crippen LogP contribution in [0.3, 0.4) is 0 Å². The Morgan fingerprint density at radius 1 is 1.12 bits per heavy atom. The van der Waals surface area contributed by atoms with Gasteiger partial charge in [-0.1, -0.05) is 17.7 Å². The van der Waals surface area contributed by atoms with E-state index in [-0.39, 0.29) is 11.6 Å². The van der Waals surface area contributed by atoms with E-state index in [1.54, 1.807) is 0 Å². The number of halogens is 1. The lowest BCUT2D eigenvalue weighted by molar-refractivity contribution is 0.536. The second-order valence-corrected chi connectivity index (χ2v) is 7.36. The molecule has 1 aromatic rings. The summed E-state index contributed by atoms with van der Waals surface area (Å²) in [6.45, 7) is 0. The molecule has 0 aromatic heterocycles. The summed E-state index contributed by atoms with van der Waals surface area (Å²) in [7, 11) is 0. The fourth-order valence-corrected chi connectivity index (χ4v) is 4.40. The molecule has 118 valence electrons. The number of nitrogens with zero attached hydrogens (tertiary/aromatic N) is 3. The maximum atomic E-state index is 9.74. The standard InChI is InChI=1S/C19H15IN4/c20-13-5-3-4-12(8-13)17-14-6-1-2-7-16(14)19(10-22,11-23)18(24)15(17)9-21/h3-5,8,17H,1-2,6-7,24H2/t17-/m0/s1. The smallest absolute Gasteiger partial charge is 0.204 e. The molecule has 0 amide bonds. The Balaban J connectivity index is 2.32. The minimum Gasteiger partial charge on any atom is -0.399 e. The van der Waals surface area contributed by atoms with Crippen molar-refractivity contribution in [3.63, 3.8) is 0 Å². The Bertz CT molecular complexity index is 875. The van der Waals surface area contributed by atoms with Crippen molar-refractivity contribution in [3.8, 4) is 18.2 Å². The van der Waals surface area contributed by atoms with Gasteiger partial charge in [0.2, 0.25) is 5.41 Å². The molecule has 2 aliphatic rings. The SMILES string of the molecule is N#CC1=C(N)C(C#N)(C#N)C2=C(CCCC2)[C@@H]1c1cccc(I)c1. The Hall–Kier alpha value is -2.30. The van der Waals surface area contributed by atoms with E-state index in [4.69, 9.17) is 5.73 Å². The summed E-state index contributed by atoms with van der Waals surface area (Å²) in [5, 5.41) is 29.2. The molecule has 0 spiro atoms. The van der Waals surface area contributed by atoms with Gasteiger partial charge < -0.3 is 5.73 Å². The summed E-state index contributed by atoms with van der Waals surface area (Å²) in [4.78, 5) is 0. The van der Waals surface area contributed by atoms with Crippen molar-refractivity contribution in [2.24, 2.45) is 11.1 Å². The quantitative estimate of drug-likeness (QED) is 0.542. The van der Waals surface area contributed by atoms with Crippen LogP contribution in [0.15, 0.2) is 46.7 Å². The first kappa shape index (κ1) is 16.6. The maximum absolute atomic E-state index is 9.74. The number of rotatable bonds is 1. The van der Waals surface area contributed by atoms with Crippen molar-refractivity contribution < 1.29 is 0 Å². The number of benzene rings is 1. The van der Waals surface area contributed by atoms with Crippen LogP contribution in [-0.2, 0) is 0 Å². The molecule has 0 saturated heterocycles. The first-order valence-electron chi connectivity index (χ1n) is 7.79. The van der Waals surface area contributed by atoms with Crippen LogP contribution in [0.4, 0.5) is 0 Å². The van der Waals surface area contributed by atoms with Crippen LogP contribution in [0.1, 0.15) is 37.2 Å². The molecule has 3 rings (SSSR count). The second-order valence-electron chi connectivity index (χ2n) is 6.11. The molecule has 0 bridgehead atoms. The summed E-state index contributed by atoms with van der Waals surface area (Å²) in [6, 6.07) is 14.4. The summed E-state index contributed by atoms with van der Waals surface area (Å²) in [5.41, 5.74) is 8.07. The Kier molecular flexibility index (Phi) is 4.35. The van der Waals surface area contributed by atoms with E-state index in [1.807, 2.05) is 24.3 Å². The first-order valence-corrected chi connectivity index (χ1v) is 8.87. The molecule has 2 N–H and O–H groups in total. The fourth-order valence-electron chi connectivity index (χ4n) is 3.83. The third kappa shape index (κ3) is 2.30. The van der Waals surface area contributed by atoms with Gasteiger partial charge in [0.1, 0.15) is 0 Å². The molecular formula is C19H15IN4. The Labute approximate surface area is 155 Å². The van der Waals surface area contributed by atoms with Crippen molar-refractivity contribution in [1.29, 1.82) is 15.8 Å². The van der Waals surface area contributed by atoms with E-state index in [1.165, 1.54) is 0 Å². The summed E-state index contributed by atoms with van der Waals surface area (Å²) < 4.78 is 1.08. The Morgan fingerprint density at radius 3 is 2.46 bits per heavy atom. The molecule has 1 atom stereocenters. The number of nitrogens with two attached hydrogens (primary N) is 1. The second kappa shape index (κ2) is 6.30. The van der Waals surface area contributed by atoms with Crippen LogP contribution in [0.5, 0.6) is 0 Å². The minimum atomic E-state index is -1.49. The lowest BCUT2D eigenvalue weighted by atomic mass is 9.62. The van der Waals surface area contributed by atoms with Gasteiger partial charge in [0.15, 0.2) is 0 Å². The predicted molar refractivity (Wildman–Crippen MR) is 97.9 cm³/mol. The summed E-state index contributed by atoms with van der Waals surface area (Å²) in [6.07, 6.45) is 3.44. The van der Waals surface area contributed by atoms with E-state index >= 15 is 0 Å². The largest absolute Gasteiger partial charge is 0.399 e. The molecule has 1 aromatic carbocycles. The van der Waals surface area contributed by atoms with Crippen molar-refractivity contribution in [1.82, 2.24) is 0 Å². The molecule has 24 heavy (non-hydrogen) atoms. The average molecular weight is 426 g/mol. The topological polar surface area (TPSA) is 97.4 Å². The van der Waals surface area contributed by atoms with Crippen LogP contribution >= 0.6 is 22.6 Å². The molecule has 0 fully saturated rings. The summed E-state index contributed by atoms with van der Waals surface area (Å²) >= 11 is 2.24. The zero-order valence-corrected chi connectivity index (χ0v) is 15.2. The van der Waals surface area contributed by atoms with Crippen molar-refractivity contribution >= 4 is 22.6 Å². The molecule has 0 heterocycles. The van der Waals surface area contributed by atoms with Gasteiger partial charge in [-0.25, -0.2) is 0 Å². The predicted octanol–water partition coefficient (Wildman–Crippen LogP) is 4.03. The van der Waals surface area contributed by atoms with Crippen LogP contribution in [0, 0.1) is 43.0 Å². The molecule has 0 aliphatic heterocycles. The van der Waals surface area contributed by atoms with Gasteiger partial charge in [0.25, 0.3) is 0 Å². The molecule has 4 nitrogen and oxygen atoms in total. The van der Waals surface area contributed by atoms with Gasteiger partial charge in [0, 0.05) is 9.49 Å².